The van der Waals surface area contributed by atoms with Crippen molar-refractivity contribution >= 4 is 12.1 Å². The zero-order valence-corrected chi connectivity index (χ0v) is 21.7. The molecule has 0 unspecified atom stereocenters. The molecule has 0 radical (unpaired) electrons. The Balaban J connectivity index is 1.46. The highest BCUT2D eigenvalue weighted by Crippen LogP contribution is 2.30. The van der Waals surface area contributed by atoms with Crippen LogP contribution in [0.5, 0.6) is 11.5 Å². The lowest BCUT2D eigenvalue weighted by Crippen LogP contribution is -2.43. The van der Waals surface area contributed by atoms with Crippen molar-refractivity contribution in [2.24, 2.45) is 0 Å². The summed E-state index contributed by atoms with van der Waals surface area (Å²) >= 11 is 0. The van der Waals surface area contributed by atoms with Crippen LogP contribution in [0.2, 0.25) is 0 Å². The molecule has 0 fully saturated rings. The monoisotopic (exact) mass is 525 g/mol. The summed E-state index contributed by atoms with van der Waals surface area (Å²) in [5.41, 5.74) is 3.63. The van der Waals surface area contributed by atoms with Crippen molar-refractivity contribution in [1.82, 2.24) is 5.32 Å². The zero-order valence-electron chi connectivity index (χ0n) is 21.7. The van der Waals surface area contributed by atoms with Crippen LogP contribution in [0.15, 0.2) is 109 Å². The van der Waals surface area contributed by atoms with E-state index in [1.807, 2.05) is 103 Å². The molecule has 4 rings (SSSR count). The van der Waals surface area contributed by atoms with Gasteiger partial charge in [0.15, 0.2) is 11.5 Å². The molecule has 0 spiro atoms. The molecule has 39 heavy (non-hydrogen) atoms. The van der Waals surface area contributed by atoms with Crippen LogP contribution in [0.25, 0.3) is 0 Å². The molecule has 0 aliphatic heterocycles. The van der Waals surface area contributed by atoms with E-state index >= 15 is 0 Å². The predicted molar refractivity (Wildman–Crippen MR) is 147 cm³/mol. The van der Waals surface area contributed by atoms with Crippen LogP contribution in [0.1, 0.15) is 22.3 Å². The largest absolute Gasteiger partial charge is 0.485 e. The lowest BCUT2D eigenvalue weighted by molar-refractivity contribution is -0.143. The maximum atomic E-state index is 12.5. The summed E-state index contributed by atoms with van der Waals surface area (Å²) in [6.07, 6.45) is -0.536. The third-order valence-corrected chi connectivity index (χ3v) is 5.91. The number of carbonyl (C=O) groups excluding carboxylic acids is 2. The van der Waals surface area contributed by atoms with Crippen molar-refractivity contribution in [3.8, 4) is 11.5 Å². The lowest BCUT2D eigenvalue weighted by atomic mass is 10.1. The van der Waals surface area contributed by atoms with E-state index in [1.54, 1.807) is 6.07 Å². The number of hydrogen-bond acceptors (Lipinski definition) is 6. The van der Waals surface area contributed by atoms with Gasteiger partial charge in [-0.1, -0.05) is 97.1 Å². The summed E-state index contributed by atoms with van der Waals surface area (Å²) in [5.74, 6) is 0.522. The number of ether oxygens (including phenoxy) is 4. The van der Waals surface area contributed by atoms with Crippen LogP contribution in [-0.2, 0) is 40.5 Å². The molecule has 4 aromatic carbocycles. The second-order valence-corrected chi connectivity index (χ2v) is 8.82. The van der Waals surface area contributed by atoms with E-state index in [0.29, 0.717) is 24.7 Å². The maximum absolute atomic E-state index is 12.5. The third kappa shape index (κ3) is 8.64. The van der Waals surface area contributed by atoms with E-state index in [9.17, 15) is 9.59 Å². The molecular weight excluding hydrogens is 494 g/mol. The van der Waals surface area contributed by atoms with E-state index < -0.39 is 18.1 Å². The van der Waals surface area contributed by atoms with Gasteiger partial charge in [-0.25, -0.2) is 9.59 Å². The number of esters is 1. The molecule has 4 aromatic rings. The summed E-state index contributed by atoms with van der Waals surface area (Å²) in [6.45, 7) is 0.809. The van der Waals surface area contributed by atoms with Crippen molar-refractivity contribution in [2.45, 2.75) is 32.3 Å². The normalized spacial score (nSPS) is 11.2. The quantitative estimate of drug-likeness (QED) is 0.234. The highest BCUT2D eigenvalue weighted by atomic mass is 16.6. The van der Waals surface area contributed by atoms with E-state index in [1.165, 1.54) is 7.11 Å². The number of methoxy groups -OCH3 is 1. The first kappa shape index (κ1) is 27.3. The second kappa shape index (κ2) is 14.2. The van der Waals surface area contributed by atoms with Gasteiger partial charge in [0.2, 0.25) is 0 Å². The van der Waals surface area contributed by atoms with Crippen molar-refractivity contribution in [2.75, 3.05) is 7.11 Å². The fraction of sp³-hybridized carbons (Fsp3) is 0.188. The second-order valence-electron chi connectivity index (χ2n) is 8.82. The molecule has 0 heterocycles. The molecule has 7 nitrogen and oxygen atoms in total. The SMILES string of the molecule is COC(=O)[C@H](Cc1ccc(OCc2ccccc2)c(OCc2ccccc2)c1)NC(=O)OCc1ccccc1. The van der Waals surface area contributed by atoms with Crippen LogP contribution in [-0.4, -0.2) is 25.2 Å². The van der Waals surface area contributed by atoms with Gasteiger partial charge in [-0.05, 0) is 34.4 Å². The number of nitrogens with one attached hydrogen (secondary N) is 1. The first-order chi connectivity index (χ1) is 19.1. The van der Waals surface area contributed by atoms with Crippen LogP contribution in [0, 0.1) is 0 Å². The van der Waals surface area contributed by atoms with E-state index in [2.05, 4.69) is 5.32 Å². The van der Waals surface area contributed by atoms with Crippen molar-refractivity contribution in [1.29, 1.82) is 0 Å². The molecule has 7 heteroatoms. The van der Waals surface area contributed by atoms with Gasteiger partial charge in [0.1, 0.15) is 25.9 Å². The summed E-state index contributed by atoms with van der Waals surface area (Å²) in [7, 11) is 1.28. The third-order valence-electron chi connectivity index (χ3n) is 5.91. The standard InChI is InChI=1S/C32H31NO6/c1-36-31(34)28(33-32(35)39-23-26-15-9-4-10-16-26)19-27-17-18-29(37-21-24-11-5-2-6-12-24)30(20-27)38-22-25-13-7-3-8-14-25/h2-18,20,28H,19,21-23H2,1H3,(H,33,35)/t28-/m0/s1. The Morgan fingerprint density at radius 1 is 0.641 bits per heavy atom. The maximum Gasteiger partial charge on any atom is 0.408 e. The van der Waals surface area contributed by atoms with Gasteiger partial charge in [0, 0.05) is 6.42 Å². The van der Waals surface area contributed by atoms with Gasteiger partial charge in [0.05, 0.1) is 7.11 Å². The highest BCUT2D eigenvalue weighted by Gasteiger charge is 2.23. The zero-order chi connectivity index (χ0) is 27.3. The summed E-state index contributed by atoms with van der Waals surface area (Å²) in [5, 5.41) is 2.62. The lowest BCUT2D eigenvalue weighted by Gasteiger charge is -2.18. The average Bonchev–Trinajstić information content (AvgIpc) is 2.99. The molecule has 0 aromatic heterocycles. The van der Waals surface area contributed by atoms with Crippen LogP contribution >= 0.6 is 0 Å². The van der Waals surface area contributed by atoms with E-state index in [-0.39, 0.29) is 13.0 Å². The van der Waals surface area contributed by atoms with Crippen LogP contribution in [0.3, 0.4) is 0 Å². The Kier molecular flexibility index (Phi) is 9.95. The average molecular weight is 526 g/mol. The molecule has 0 aliphatic carbocycles. The number of carbonyl (C=O) groups is 2. The molecule has 1 N–H and O–H groups in total. The Morgan fingerprint density at radius 3 is 1.69 bits per heavy atom. The van der Waals surface area contributed by atoms with Crippen LogP contribution < -0.4 is 14.8 Å². The van der Waals surface area contributed by atoms with E-state index in [0.717, 1.165) is 22.3 Å². The minimum absolute atomic E-state index is 0.0888. The Hall–Kier alpha value is -4.78. The predicted octanol–water partition coefficient (Wildman–Crippen LogP) is 5.86. The van der Waals surface area contributed by atoms with Crippen LogP contribution in [0.4, 0.5) is 4.79 Å². The number of hydrogen-bond donors (Lipinski definition) is 1. The fourth-order valence-electron chi connectivity index (χ4n) is 3.86. The van der Waals surface area contributed by atoms with Gasteiger partial charge >= 0.3 is 12.1 Å². The first-order valence-electron chi connectivity index (χ1n) is 12.6. The summed E-state index contributed by atoms with van der Waals surface area (Å²) < 4.78 is 22.4. The van der Waals surface area contributed by atoms with Crippen molar-refractivity contribution in [3.63, 3.8) is 0 Å². The summed E-state index contributed by atoms with van der Waals surface area (Å²) in [6, 6.07) is 33.5. The number of benzene rings is 4. The first-order valence-corrected chi connectivity index (χ1v) is 12.6. The number of rotatable bonds is 12. The molecule has 0 aliphatic rings. The summed E-state index contributed by atoms with van der Waals surface area (Å²) in [4.78, 5) is 25.0. The molecule has 0 bridgehead atoms. The molecule has 1 atom stereocenters. The van der Waals surface area contributed by atoms with Crippen molar-refractivity contribution in [3.05, 3.63) is 131 Å². The molecule has 0 saturated carbocycles. The number of alkyl carbamates (subject to hydrolysis) is 1. The smallest absolute Gasteiger partial charge is 0.408 e. The van der Waals surface area contributed by atoms with Gasteiger partial charge in [-0.15, -0.1) is 0 Å². The highest BCUT2D eigenvalue weighted by molar-refractivity contribution is 5.81. The molecular formula is C32H31NO6. The van der Waals surface area contributed by atoms with Gasteiger partial charge in [-0.2, -0.15) is 0 Å². The molecule has 0 saturated heterocycles. The topological polar surface area (TPSA) is 83.1 Å². The minimum atomic E-state index is -0.948. The Morgan fingerprint density at radius 2 is 1.15 bits per heavy atom. The Labute approximate surface area is 228 Å². The Bertz CT molecular complexity index is 1330. The fourth-order valence-corrected chi connectivity index (χ4v) is 3.86. The minimum Gasteiger partial charge on any atom is -0.485 e. The van der Waals surface area contributed by atoms with Crippen molar-refractivity contribution < 1.29 is 28.5 Å². The molecule has 1 amide bonds. The van der Waals surface area contributed by atoms with Gasteiger partial charge in [-0.3, -0.25) is 0 Å². The number of amides is 1. The van der Waals surface area contributed by atoms with E-state index in [4.69, 9.17) is 18.9 Å². The molecule has 200 valence electrons. The van der Waals surface area contributed by atoms with Gasteiger partial charge < -0.3 is 24.3 Å². The van der Waals surface area contributed by atoms with Gasteiger partial charge in [0.25, 0.3) is 0 Å².